The highest BCUT2D eigenvalue weighted by Crippen LogP contribution is 2.44. The third kappa shape index (κ3) is 12.0. The Hall–Kier alpha value is -7.44. The highest BCUT2D eigenvalue weighted by molar-refractivity contribution is 7.90. The van der Waals surface area contributed by atoms with Crippen LogP contribution in [0.4, 0.5) is 17.1 Å². The first kappa shape index (κ1) is 53.9. The molecule has 2 aliphatic heterocycles. The fourth-order valence-corrected chi connectivity index (χ4v) is 12.1. The number of nitrogens with one attached hydrogen (secondary N) is 2. The van der Waals surface area contributed by atoms with E-state index >= 15 is 0 Å². The van der Waals surface area contributed by atoms with Crippen LogP contribution >= 0.6 is 11.6 Å². The number of piperazine rings is 1. The van der Waals surface area contributed by atoms with Gasteiger partial charge in [-0.15, -0.1) is 0 Å². The number of hydrogen-bond donors (Lipinski definition) is 2. The number of amides is 1. The van der Waals surface area contributed by atoms with E-state index < -0.39 is 31.4 Å². The molecule has 3 heterocycles. The van der Waals surface area contributed by atoms with Gasteiger partial charge in [-0.2, -0.15) is 0 Å². The summed E-state index contributed by atoms with van der Waals surface area (Å²) in [5, 5.41) is 16.3. The number of halogens is 1. The van der Waals surface area contributed by atoms with E-state index in [1.54, 1.807) is 44.8 Å². The number of nitro benzene ring substituents is 1. The minimum Gasteiger partial charge on any atom is -0.497 e. The Morgan fingerprint density at radius 3 is 2.14 bits per heavy atom. The van der Waals surface area contributed by atoms with Crippen molar-refractivity contribution in [2.75, 3.05) is 77.3 Å². The van der Waals surface area contributed by atoms with E-state index in [2.05, 4.69) is 55.3 Å². The number of fused-ring (bicyclic) bond motifs is 1. The van der Waals surface area contributed by atoms with E-state index in [0.29, 0.717) is 24.4 Å². The number of anilines is 2. The van der Waals surface area contributed by atoms with E-state index in [4.69, 9.17) is 30.8 Å². The lowest BCUT2D eigenvalue weighted by molar-refractivity contribution is -0.384. The van der Waals surface area contributed by atoms with Crippen LogP contribution in [0.3, 0.4) is 0 Å². The highest BCUT2D eigenvalue weighted by atomic mass is 35.5. The number of carbonyl (C=O) groups is 1. The molecule has 6 aromatic carbocycles. The van der Waals surface area contributed by atoms with Crippen LogP contribution < -0.4 is 29.1 Å². The number of ether oxygens (including phenoxy) is 3. The normalized spacial score (nSPS) is 16.6. The zero-order valence-electron chi connectivity index (χ0n) is 44.6. The summed E-state index contributed by atoms with van der Waals surface area (Å²) in [6.45, 7) is 10.1. The van der Waals surface area contributed by atoms with E-state index in [1.165, 1.54) is 28.8 Å². The Kier molecular flexibility index (Phi) is 15.8. The largest absolute Gasteiger partial charge is 0.497 e. The monoisotopic (exact) mass is 1090 g/mol. The summed E-state index contributed by atoms with van der Waals surface area (Å²) < 4.78 is 50.2. The van der Waals surface area contributed by atoms with Crippen molar-refractivity contribution in [1.82, 2.24) is 24.1 Å². The zero-order valence-corrected chi connectivity index (χ0v) is 46.1. The number of likely N-dealkylation sites (tertiary alicyclic amines) is 1. The molecular weight excluding hydrogens is 1030 g/mol. The van der Waals surface area contributed by atoms with E-state index in [9.17, 15) is 23.3 Å². The topological polar surface area (TPSA) is 174 Å². The van der Waals surface area contributed by atoms with Gasteiger partial charge in [0.15, 0.2) is 5.75 Å². The van der Waals surface area contributed by atoms with Gasteiger partial charge in [0.2, 0.25) is 0 Å². The molecule has 7 aromatic rings. The molecule has 1 aliphatic carbocycles. The predicted octanol–water partition coefficient (Wildman–Crippen LogP) is 11.5. The molecule has 18 heteroatoms. The lowest BCUT2D eigenvalue weighted by Gasteiger charge is -2.39. The number of carbonyl (C=O) groups excluding carboxylic acids is 1. The van der Waals surface area contributed by atoms with Crippen molar-refractivity contribution < 1.29 is 32.3 Å². The van der Waals surface area contributed by atoms with Crippen molar-refractivity contribution in [3.8, 4) is 23.0 Å². The summed E-state index contributed by atoms with van der Waals surface area (Å²) in [6.07, 6.45) is 6.44. The van der Waals surface area contributed by atoms with Crippen LogP contribution in [0.5, 0.6) is 23.0 Å². The molecule has 0 unspecified atom stereocenters. The summed E-state index contributed by atoms with van der Waals surface area (Å²) in [4.78, 5) is 37.7. The smallest absolute Gasteiger partial charge is 0.293 e. The maximum Gasteiger partial charge on any atom is 0.293 e. The van der Waals surface area contributed by atoms with Gasteiger partial charge in [0.1, 0.15) is 28.5 Å². The Morgan fingerprint density at radius 2 is 1.50 bits per heavy atom. The summed E-state index contributed by atoms with van der Waals surface area (Å²) in [6, 6.07) is 37.9. The Balaban J connectivity index is 0.961. The predicted molar refractivity (Wildman–Crippen MR) is 306 cm³/mol. The number of aromatic nitrogens is 2. The van der Waals surface area contributed by atoms with E-state index in [1.807, 2.05) is 79.8 Å². The SMILES string of the molecule is COc1ccc(C(c2ccc(OC)cc2)n2cnc3c(Oc4cc(N5CCN(CC6=C(c7ccc(Cl)cc7)CC(C)(C)CC6)CC5)ccc4C(=O)NS(=O)(=O)c4ccc(NC5CCN(C)CC5)c([N+](=O)[O-])c4)cccc32)cc1. The minimum atomic E-state index is -4.64. The fraction of sp³-hybridized carbons (Fsp3) is 0.333. The van der Waals surface area contributed by atoms with Gasteiger partial charge in [-0.25, -0.2) is 18.1 Å². The van der Waals surface area contributed by atoms with Crippen molar-refractivity contribution in [3.05, 3.63) is 177 Å². The number of rotatable bonds is 17. The standard InChI is InChI=1S/C60H65ClN8O8S/c1-60(2)28-25-43(51(37-60)40-9-15-44(61)16-10-40)38-66-31-33-67(34-32-66)46-17-23-50(59(70)64-78(73,74)49-22-24-52(54(36-49)69(71)72)63-45-26-29-65(3)30-27-45)56(35-46)77-55-8-6-7-53-57(55)62-39-68(53)58(41-11-18-47(75-4)19-12-41)42-13-20-48(76-5)21-14-42/h6-24,35-36,39,45,58,63H,25-34,37-38H2,1-5H3,(H,64,70). The van der Waals surface area contributed by atoms with Gasteiger partial charge in [-0.05, 0) is 153 Å². The molecule has 406 valence electrons. The molecule has 1 aromatic heterocycles. The lowest BCUT2D eigenvalue weighted by atomic mass is 9.72. The number of nitro groups is 1. The molecule has 78 heavy (non-hydrogen) atoms. The number of piperidine rings is 1. The highest BCUT2D eigenvalue weighted by Gasteiger charge is 2.32. The maximum atomic E-state index is 14.5. The van der Waals surface area contributed by atoms with Gasteiger partial charge in [-0.3, -0.25) is 19.8 Å². The quantitative estimate of drug-likeness (QED) is 0.0652. The average molecular weight is 1090 g/mol. The van der Waals surface area contributed by atoms with Gasteiger partial charge in [0.25, 0.3) is 21.6 Å². The van der Waals surface area contributed by atoms with Crippen molar-refractivity contribution >= 4 is 61.2 Å². The Bertz CT molecular complexity index is 3410. The molecule has 0 atom stereocenters. The summed E-state index contributed by atoms with van der Waals surface area (Å²) in [5.41, 5.74) is 7.95. The molecule has 2 fully saturated rings. The summed E-state index contributed by atoms with van der Waals surface area (Å²) >= 11 is 6.31. The van der Waals surface area contributed by atoms with Crippen LogP contribution in [0.2, 0.25) is 5.02 Å². The van der Waals surface area contributed by atoms with Crippen molar-refractivity contribution in [2.24, 2.45) is 5.41 Å². The number of hydrogen-bond acceptors (Lipinski definition) is 13. The first-order chi connectivity index (χ1) is 37.5. The second-order valence-corrected chi connectivity index (χ2v) is 23.4. The Labute approximate surface area is 460 Å². The lowest BCUT2D eigenvalue weighted by Crippen LogP contribution is -2.47. The Morgan fingerprint density at radius 1 is 0.833 bits per heavy atom. The van der Waals surface area contributed by atoms with Gasteiger partial charge >= 0.3 is 0 Å². The average Bonchev–Trinajstić information content (AvgIpc) is 3.99. The number of allylic oxidation sites excluding steroid dienone is 1. The number of imidazole rings is 1. The fourth-order valence-electron chi connectivity index (χ4n) is 11.0. The molecule has 16 nitrogen and oxygen atoms in total. The van der Waals surface area contributed by atoms with Crippen molar-refractivity contribution in [3.63, 3.8) is 0 Å². The molecular formula is C60H65ClN8O8S. The third-order valence-corrected chi connectivity index (χ3v) is 17.0. The van der Waals surface area contributed by atoms with Gasteiger partial charge in [-0.1, -0.05) is 73.5 Å². The molecule has 0 spiro atoms. The molecule has 0 saturated carbocycles. The number of nitrogens with zero attached hydrogens (tertiary/aromatic N) is 6. The molecule has 10 rings (SSSR count). The van der Waals surface area contributed by atoms with E-state index in [0.717, 1.165) is 110 Å². The molecule has 0 radical (unpaired) electrons. The van der Waals surface area contributed by atoms with Crippen LogP contribution in [0.1, 0.15) is 79.0 Å². The molecule has 2 N–H and O–H groups in total. The second-order valence-electron chi connectivity index (χ2n) is 21.3. The molecule has 0 bridgehead atoms. The first-order valence-electron chi connectivity index (χ1n) is 26.3. The number of sulfonamides is 1. The second kappa shape index (κ2) is 22.9. The number of methoxy groups -OCH3 is 2. The first-order valence-corrected chi connectivity index (χ1v) is 28.2. The number of benzene rings is 6. The summed E-state index contributed by atoms with van der Waals surface area (Å²) in [7, 11) is 0.634. The molecule has 1 amide bonds. The molecule has 3 aliphatic rings. The van der Waals surface area contributed by atoms with Crippen LogP contribution in [0.15, 0.2) is 144 Å². The third-order valence-electron chi connectivity index (χ3n) is 15.4. The van der Waals surface area contributed by atoms with Gasteiger partial charge < -0.3 is 33.9 Å². The van der Waals surface area contributed by atoms with Gasteiger partial charge in [0.05, 0.1) is 47.5 Å². The maximum absolute atomic E-state index is 14.5. The van der Waals surface area contributed by atoms with Crippen LogP contribution in [-0.2, 0) is 10.0 Å². The molecule has 2 saturated heterocycles. The van der Waals surface area contributed by atoms with Crippen LogP contribution in [-0.4, -0.2) is 112 Å². The van der Waals surface area contributed by atoms with Crippen molar-refractivity contribution in [1.29, 1.82) is 0 Å². The zero-order chi connectivity index (χ0) is 54.7. The summed E-state index contributed by atoms with van der Waals surface area (Å²) in [5.74, 6) is 0.884. The van der Waals surface area contributed by atoms with Crippen LogP contribution in [0.25, 0.3) is 16.6 Å². The van der Waals surface area contributed by atoms with Crippen molar-refractivity contribution in [2.45, 2.75) is 62.9 Å². The van der Waals surface area contributed by atoms with Crippen LogP contribution in [0, 0.1) is 15.5 Å². The van der Waals surface area contributed by atoms with Gasteiger partial charge in [0, 0.05) is 61.6 Å². The minimum absolute atomic E-state index is 0.0173. The number of para-hydroxylation sites is 1. The van der Waals surface area contributed by atoms with E-state index in [-0.39, 0.29) is 34.5 Å².